The van der Waals surface area contributed by atoms with E-state index in [2.05, 4.69) is 11.9 Å². The zero-order valence-electron chi connectivity index (χ0n) is 18.0. The molecule has 0 radical (unpaired) electrons. The number of amides is 1. The minimum absolute atomic E-state index is 0.165. The number of nitrogens with zero attached hydrogens (tertiary/aromatic N) is 1. The fourth-order valence-electron chi connectivity index (χ4n) is 2.50. The van der Waals surface area contributed by atoms with Crippen molar-refractivity contribution < 1.29 is 19.0 Å². The van der Waals surface area contributed by atoms with Gasteiger partial charge in [0, 0.05) is 5.75 Å². The van der Waals surface area contributed by atoms with Gasteiger partial charge in [0.15, 0.2) is 0 Å². The Morgan fingerprint density at radius 3 is 2.00 bits per heavy atom. The molecule has 0 bridgehead atoms. The highest BCUT2D eigenvalue weighted by atomic mass is 32.2. The summed E-state index contributed by atoms with van der Waals surface area (Å²) in [4.78, 5) is 15.5. The van der Waals surface area contributed by atoms with E-state index in [1.807, 2.05) is 13.8 Å². The minimum Gasteiger partial charge on any atom is -0.470 e. The number of carbonyl (C=O) groups excluding carboxylic acids is 1. The molecule has 0 aromatic rings. The van der Waals surface area contributed by atoms with E-state index in [1.54, 1.807) is 6.92 Å². The molecular weight excluding hydrogens is 362 g/mol. The molecule has 0 fully saturated rings. The predicted octanol–water partition coefficient (Wildman–Crippen LogP) is 6.59. The lowest BCUT2D eigenvalue weighted by Gasteiger charge is -2.10. The Balaban J connectivity index is 3.85. The maximum Gasteiger partial charge on any atom is 0.437 e. The Bertz CT molecular complexity index is 375. The molecule has 0 heterocycles. The first-order valence-corrected chi connectivity index (χ1v) is 11.7. The number of hydrogen-bond acceptors (Lipinski definition) is 5. The second-order valence-corrected chi connectivity index (χ2v) is 7.92. The Hall–Kier alpha value is -0.750. The van der Waals surface area contributed by atoms with Crippen LogP contribution in [0.4, 0.5) is 4.79 Å². The second-order valence-electron chi connectivity index (χ2n) is 6.88. The van der Waals surface area contributed by atoms with E-state index in [0.717, 1.165) is 12.2 Å². The number of rotatable bonds is 16. The molecule has 0 aliphatic rings. The average molecular weight is 404 g/mol. The van der Waals surface area contributed by atoms with Crippen molar-refractivity contribution in [2.75, 3.05) is 25.6 Å². The molecule has 0 spiro atoms. The normalized spacial score (nSPS) is 11.8. The lowest BCUT2D eigenvalue weighted by molar-refractivity contribution is 0.0535. The Kier molecular flexibility index (Phi) is 19.4. The lowest BCUT2D eigenvalue weighted by atomic mass is 10.1. The highest BCUT2D eigenvalue weighted by molar-refractivity contribution is 8.13. The molecular formula is C21H41NO4S. The van der Waals surface area contributed by atoms with Crippen LogP contribution >= 0.6 is 11.8 Å². The molecule has 0 aromatic heterocycles. The monoisotopic (exact) mass is 403 g/mol. The summed E-state index contributed by atoms with van der Waals surface area (Å²) in [5.41, 5.74) is 0. The van der Waals surface area contributed by atoms with E-state index in [-0.39, 0.29) is 6.10 Å². The minimum atomic E-state index is -0.590. The van der Waals surface area contributed by atoms with Crippen LogP contribution in [0, 0.1) is 0 Å². The molecule has 1 amide bonds. The second kappa shape index (κ2) is 20.0. The van der Waals surface area contributed by atoms with Gasteiger partial charge in [-0.2, -0.15) is 0 Å². The smallest absolute Gasteiger partial charge is 0.437 e. The quantitative estimate of drug-likeness (QED) is 0.165. The standard InChI is InChI=1S/C21H41NO4S/c1-5-7-8-9-10-11-12-13-14-15-18-27-21(22-20(23)24-6-2)26-17-16-25-19(3)4/h19H,5-18H2,1-4H3/b22-21+. The van der Waals surface area contributed by atoms with Gasteiger partial charge >= 0.3 is 6.09 Å². The van der Waals surface area contributed by atoms with Gasteiger partial charge in [0.1, 0.15) is 6.61 Å². The first-order valence-electron chi connectivity index (χ1n) is 10.7. The van der Waals surface area contributed by atoms with E-state index < -0.39 is 6.09 Å². The SMILES string of the molecule is CCCCCCCCCCCCS/C(=N/C(=O)OCC)OCCOC(C)C. The topological polar surface area (TPSA) is 57.1 Å². The maximum atomic E-state index is 11.6. The van der Waals surface area contributed by atoms with E-state index in [1.165, 1.54) is 69.5 Å². The Morgan fingerprint density at radius 1 is 0.852 bits per heavy atom. The summed E-state index contributed by atoms with van der Waals surface area (Å²) in [6.07, 6.45) is 12.7. The molecule has 5 nitrogen and oxygen atoms in total. The summed E-state index contributed by atoms with van der Waals surface area (Å²) in [6.45, 7) is 9.17. The van der Waals surface area contributed by atoms with Gasteiger partial charge in [0.25, 0.3) is 5.23 Å². The van der Waals surface area contributed by atoms with Gasteiger partial charge in [-0.3, -0.25) is 0 Å². The molecule has 0 aromatic carbocycles. The zero-order valence-corrected chi connectivity index (χ0v) is 18.8. The van der Waals surface area contributed by atoms with Gasteiger partial charge in [-0.05, 0) is 27.2 Å². The van der Waals surface area contributed by atoms with Crippen LogP contribution in [0.1, 0.15) is 91.9 Å². The van der Waals surface area contributed by atoms with Gasteiger partial charge in [-0.1, -0.05) is 76.5 Å². The molecule has 27 heavy (non-hydrogen) atoms. The van der Waals surface area contributed by atoms with Crippen molar-refractivity contribution in [3.63, 3.8) is 0 Å². The van der Waals surface area contributed by atoms with Crippen LogP contribution in [0.5, 0.6) is 0 Å². The van der Waals surface area contributed by atoms with Gasteiger partial charge in [0.05, 0.1) is 19.3 Å². The molecule has 0 saturated heterocycles. The van der Waals surface area contributed by atoms with Crippen molar-refractivity contribution in [1.29, 1.82) is 0 Å². The van der Waals surface area contributed by atoms with Crippen molar-refractivity contribution in [2.45, 2.75) is 98.0 Å². The van der Waals surface area contributed by atoms with Crippen LogP contribution in [0.15, 0.2) is 4.99 Å². The number of thioether (sulfide) groups is 1. The third-order valence-corrected chi connectivity index (χ3v) is 4.88. The van der Waals surface area contributed by atoms with Crippen LogP contribution in [-0.2, 0) is 14.2 Å². The van der Waals surface area contributed by atoms with E-state index in [9.17, 15) is 4.79 Å². The van der Waals surface area contributed by atoms with Gasteiger partial charge in [-0.25, -0.2) is 4.79 Å². The molecule has 0 atom stereocenters. The number of ether oxygens (including phenoxy) is 3. The van der Waals surface area contributed by atoms with Crippen LogP contribution in [0.25, 0.3) is 0 Å². The number of hydrogen-bond donors (Lipinski definition) is 0. The third-order valence-electron chi connectivity index (χ3n) is 3.93. The fourth-order valence-corrected chi connectivity index (χ4v) is 3.33. The molecule has 0 aliphatic heterocycles. The largest absolute Gasteiger partial charge is 0.470 e. The molecule has 0 unspecified atom stereocenters. The van der Waals surface area contributed by atoms with Crippen LogP contribution in [0.3, 0.4) is 0 Å². The summed E-state index contributed by atoms with van der Waals surface area (Å²) < 4.78 is 15.9. The first-order chi connectivity index (χ1) is 13.1. The predicted molar refractivity (Wildman–Crippen MR) is 116 cm³/mol. The molecule has 160 valence electrons. The fraction of sp³-hybridized carbons (Fsp3) is 0.905. The first kappa shape index (κ1) is 26.2. The Labute approximate surface area is 171 Å². The van der Waals surface area contributed by atoms with Crippen LogP contribution in [0.2, 0.25) is 0 Å². The summed E-state index contributed by atoms with van der Waals surface area (Å²) in [5, 5.41) is 0.386. The molecule has 0 saturated carbocycles. The molecule has 6 heteroatoms. The van der Waals surface area contributed by atoms with Crippen molar-refractivity contribution in [3.05, 3.63) is 0 Å². The summed E-state index contributed by atoms with van der Waals surface area (Å²) in [5.74, 6) is 0.903. The van der Waals surface area contributed by atoms with Crippen molar-refractivity contribution in [1.82, 2.24) is 0 Å². The molecule has 0 aliphatic carbocycles. The van der Waals surface area contributed by atoms with Crippen LogP contribution < -0.4 is 0 Å². The van der Waals surface area contributed by atoms with E-state index >= 15 is 0 Å². The van der Waals surface area contributed by atoms with Crippen LogP contribution in [-0.4, -0.2) is 43.0 Å². The molecule has 0 rings (SSSR count). The third kappa shape index (κ3) is 19.8. The van der Waals surface area contributed by atoms with Crippen molar-refractivity contribution in [2.24, 2.45) is 4.99 Å². The maximum absolute atomic E-state index is 11.6. The highest BCUT2D eigenvalue weighted by Gasteiger charge is 2.07. The van der Waals surface area contributed by atoms with Crippen molar-refractivity contribution in [3.8, 4) is 0 Å². The number of aliphatic imine (C=N–C) groups is 1. The number of unbranched alkanes of at least 4 members (excludes halogenated alkanes) is 9. The van der Waals surface area contributed by atoms with Crippen molar-refractivity contribution >= 4 is 23.1 Å². The Morgan fingerprint density at radius 2 is 1.44 bits per heavy atom. The number of carbonyl (C=O) groups is 1. The molecule has 0 N–H and O–H groups in total. The van der Waals surface area contributed by atoms with Gasteiger partial charge < -0.3 is 14.2 Å². The summed E-state index contributed by atoms with van der Waals surface area (Å²) in [7, 11) is 0. The summed E-state index contributed by atoms with van der Waals surface area (Å²) >= 11 is 1.48. The summed E-state index contributed by atoms with van der Waals surface area (Å²) in [6, 6.07) is 0. The van der Waals surface area contributed by atoms with Gasteiger partial charge in [-0.15, -0.1) is 4.99 Å². The average Bonchev–Trinajstić information content (AvgIpc) is 2.63. The highest BCUT2D eigenvalue weighted by Crippen LogP contribution is 2.14. The van der Waals surface area contributed by atoms with Gasteiger partial charge in [0.2, 0.25) is 0 Å². The van der Waals surface area contributed by atoms with E-state index in [0.29, 0.717) is 25.1 Å². The van der Waals surface area contributed by atoms with E-state index in [4.69, 9.17) is 14.2 Å². The lowest BCUT2D eigenvalue weighted by Crippen LogP contribution is -2.13. The zero-order chi connectivity index (χ0) is 20.2.